The van der Waals surface area contributed by atoms with Gasteiger partial charge in [0.25, 0.3) is 0 Å². The Morgan fingerprint density at radius 1 is 1.46 bits per heavy atom. The fraction of sp³-hybridized carbons (Fsp3) is 0.500. The van der Waals surface area contributed by atoms with Crippen LogP contribution in [0.2, 0.25) is 0 Å². The van der Waals surface area contributed by atoms with E-state index in [1.807, 2.05) is 0 Å². The van der Waals surface area contributed by atoms with Crippen molar-refractivity contribution >= 4 is 5.69 Å². The minimum Gasteiger partial charge on any atom is -0.467 e. The van der Waals surface area contributed by atoms with E-state index < -0.39 is 0 Å². The van der Waals surface area contributed by atoms with Gasteiger partial charge in [0.15, 0.2) is 0 Å². The minimum atomic E-state index is 0.385. The van der Waals surface area contributed by atoms with Crippen LogP contribution in [0.5, 0.6) is 6.01 Å². The summed E-state index contributed by atoms with van der Waals surface area (Å²) in [6.07, 6.45) is 3.40. The van der Waals surface area contributed by atoms with Gasteiger partial charge in [0.2, 0.25) is 0 Å². The summed E-state index contributed by atoms with van der Waals surface area (Å²) >= 11 is 0. The molecule has 1 aliphatic rings. The van der Waals surface area contributed by atoms with Crippen molar-refractivity contribution in [2.75, 3.05) is 25.6 Å². The van der Waals surface area contributed by atoms with Crippen molar-refractivity contribution in [2.45, 2.75) is 6.04 Å². The number of rotatable bonds is 3. The Morgan fingerprint density at radius 3 is 2.62 bits per heavy atom. The number of nitrogens with zero attached hydrogens (tertiary/aromatic N) is 2. The summed E-state index contributed by atoms with van der Waals surface area (Å²) in [6, 6.07) is 0.785. The lowest BCUT2D eigenvalue weighted by Crippen LogP contribution is -2.40. The van der Waals surface area contributed by atoms with Crippen molar-refractivity contribution in [1.82, 2.24) is 9.97 Å². The third-order valence-corrected chi connectivity index (χ3v) is 1.82. The number of anilines is 1. The SMILES string of the molecule is COc1ncc(NC2COC2)cn1. The molecule has 0 saturated carbocycles. The molecular formula is C8H11N3O2. The van der Waals surface area contributed by atoms with E-state index in [9.17, 15) is 0 Å². The van der Waals surface area contributed by atoms with Crippen LogP contribution >= 0.6 is 0 Å². The lowest BCUT2D eigenvalue weighted by atomic mass is 10.2. The van der Waals surface area contributed by atoms with E-state index in [4.69, 9.17) is 9.47 Å². The highest BCUT2D eigenvalue weighted by molar-refractivity contribution is 5.39. The molecule has 13 heavy (non-hydrogen) atoms. The molecule has 1 fully saturated rings. The molecule has 0 unspecified atom stereocenters. The van der Waals surface area contributed by atoms with Gasteiger partial charge in [-0.25, -0.2) is 9.97 Å². The topological polar surface area (TPSA) is 56.3 Å². The van der Waals surface area contributed by atoms with Crippen molar-refractivity contribution < 1.29 is 9.47 Å². The number of aromatic nitrogens is 2. The van der Waals surface area contributed by atoms with E-state index in [0.29, 0.717) is 12.1 Å². The Kier molecular flexibility index (Phi) is 2.27. The summed E-state index contributed by atoms with van der Waals surface area (Å²) in [5.41, 5.74) is 0.897. The Morgan fingerprint density at radius 2 is 2.15 bits per heavy atom. The molecule has 1 aliphatic heterocycles. The molecule has 0 radical (unpaired) electrons. The highest BCUT2D eigenvalue weighted by atomic mass is 16.5. The van der Waals surface area contributed by atoms with E-state index in [2.05, 4.69) is 15.3 Å². The van der Waals surface area contributed by atoms with Gasteiger partial charge in [0, 0.05) is 0 Å². The quantitative estimate of drug-likeness (QED) is 0.726. The van der Waals surface area contributed by atoms with Crippen molar-refractivity contribution in [2.24, 2.45) is 0 Å². The van der Waals surface area contributed by atoms with Crippen molar-refractivity contribution in [1.29, 1.82) is 0 Å². The molecule has 5 nitrogen and oxygen atoms in total. The van der Waals surface area contributed by atoms with Crippen molar-refractivity contribution in [3.05, 3.63) is 12.4 Å². The predicted octanol–water partition coefficient (Wildman–Crippen LogP) is 0.296. The molecule has 70 valence electrons. The fourth-order valence-corrected chi connectivity index (χ4v) is 1.05. The molecule has 0 spiro atoms. The lowest BCUT2D eigenvalue weighted by Gasteiger charge is -2.27. The van der Waals surface area contributed by atoms with Gasteiger partial charge >= 0.3 is 6.01 Å². The van der Waals surface area contributed by atoms with Gasteiger partial charge in [0.1, 0.15) is 0 Å². The number of hydrogen-bond acceptors (Lipinski definition) is 5. The molecule has 0 atom stereocenters. The van der Waals surface area contributed by atoms with Crippen molar-refractivity contribution in [3.63, 3.8) is 0 Å². The highest BCUT2D eigenvalue weighted by Crippen LogP contribution is 2.11. The maximum absolute atomic E-state index is 5.02. The van der Waals surface area contributed by atoms with Gasteiger partial charge in [-0.3, -0.25) is 0 Å². The molecule has 1 aromatic rings. The molecule has 2 heterocycles. The second kappa shape index (κ2) is 3.57. The lowest BCUT2D eigenvalue weighted by molar-refractivity contribution is 0.0211. The average Bonchev–Trinajstić information content (AvgIpc) is 2.12. The van der Waals surface area contributed by atoms with Crippen LogP contribution in [0, 0.1) is 0 Å². The van der Waals surface area contributed by atoms with Crippen LogP contribution in [0.25, 0.3) is 0 Å². The molecule has 2 rings (SSSR count). The maximum atomic E-state index is 5.02. The largest absolute Gasteiger partial charge is 0.467 e. The zero-order valence-electron chi connectivity index (χ0n) is 7.36. The maximum Gasteiger partial charge on any atom is 0.316 e. The van der Waals surface area contributed by atoms with Crippen LogP contribution in [-0.4, -0.2) is 36.3 Å². The first-order valence-corrected chi connectivity index (χ1v) is 4.09. The molecule has 1 N–H and O–H groups in total. The number of ether oxygens (including phenoxy) is 2. The molecule has 1 saturated heterocycles. The highest BCUT2D eigenvalue weighted by Gasteiger charge is 2.17. The first kappa shape index (κ1) is 8.25. The standard InChI is InChI=1S/C8H11N3O2/c1-12-8-9-2-6(3-10-8)11-7-4-13-5-7/h2-3,7,11H,4-5H2,1H3. The summed E-state index contributed by atoms with van der Waals surface area (Å²) in [4.78, 5) is 7.94. The molecule has 0 amide bonds. The zero-order valence-corrected chi connectivity index (χ0v) is 7.36. The van der Waals surface area contributed by atoms with Crippen LogP contribution in [0.3, 0.4) is 0 Å². The third kappa shape index (κ3) is 1.86. The van der Waals surface area contributed by atoms with Gasteiger partial charge in [-0.2, -0.15) is 0 Å². The first-order chi connectivity index (χ1) is 6.38. The summed E-state index contributed by atoms with van der Waals surface area (Å²) < 4.78 is 9.86. The minimum absolute atomic E-state index is 0.385. The van der Waals surface area contributed by atoms with Crippen LogP contribution < -0.4 is 10.1 Å². The zero-order chi connectivity index (χ0) is 9.10. The number of hydrogen-bond donors (Lipinski definition) is 1. The van der Waals surface area contributed by atoms with Crippen LogP contribution in [0.4, 0.5) is 5.69 Å². The second-order valence-corrected chi connectivity index (χ2v) is 2.84. The van der Waals surface area contributed by atoms with E-state index in [-0.39, 0.29) is 0 Å². The van der Waals surface area contributed by atoms with Gasteiger partial charge < -0.3 is 14.8 Å². The summed E-state index contributed by atoms with van der Waals surface area (Å²) in [5.74, 6) is 0. The van der Waals surface area contributed by atoms with Crippen LogP contribution in [0.15, 0.2) is 12.4 Å². The molecule has 5 heteroatoms. The number of nitrogens with one attached hydrogen (secondary N) is 1. The molecule has 1 aromatic heterocycles. The van der Waals surface area contributed by atoms with E-state index in [1.54, 1.807) is 19.5 Å². The van der Waals surface area contributed by atoms with Gasteiger partial charge in [-0.05, 0) is 0 Å². The Bertz CT molecular complexity index is 271. The van der Waals surface area contributed by atoms with E-state index >= 15 is 0 Å². The van der Waals surface area contributed by atoms with Crippen LogP contribution in [-0.2, 0) is 4.74 Å². The molecule has 0 aliphatic carbocycles. The molecule has 0 bridgehead atoms. The van der Waals surface area contributed by atoms with Crippen LogP contribution in [0.1, 0.15) is 0 Å². The molecule has 0 aromatic carbocycles. The van der Waals surface area contributed by atoms with Gasteiger partial charge in [-0.1, -0.05) is 0 Å². The smallest absolute Gasteiger partial charge is 0.316 e. The van der Waals surface area contributed by atoms with E-state index in [0.717, 1.165) is 18.9 Å². The number of methoxy groups -OCH3 is 1. The summed E-state index contributed by atoms with van der Waals surface area (Å²) in [5, 5.41) is 3.22. The van der Waals surface area contributed by atoms with E-state index in [1.165, 1.54) is 0 Å². The molecular weight excluding hydrogens is 170 g/mol. The Labute approximate surface area is 76.1 Å². The predicted molar refractivity (Wildman–Crippen MR) is 46.8 cm³/mol. The Balaban J connectivity index is 1.96. The monoisotopic (exact) mass is 181 g/mol. The normalized spacial score (nSPS) is 16.4. The third-order valence-electron chi connectivity index (χ3n) is 1.82. The van der Waals surface area contributed by atoms with Gasteiger partial charge in [0.05, 0.1) is 44.4 Å². The summed E-state index contributed by atoms with van der Waals surface area (Å²) in [6.45, 7) is 1.51. The fourth-order valence-electron chi connectivity index (χ4n) is 1.05. The second-order valence-electron chi connectivity index (χ2n) is 2.84. The Hall–Kier alpha value is -1.36. The summed E-state index contributed by atoms with van der Waals surface area (Å²) in [7, 11) is 1.54. The van der Waals surface area contributed by atoms with Gasteiger partial charge in [-0.15, -0.1) is 0 Å². The average molecular weight is 181 g/mol. The first-order valence-electron chi connectivity index (χ1n) is 4.09. The van der Waals surface area contributed by atoms with Crippen molar-refractivity contribution in [3.8, 4) is 6.01 Å².